The SMILES string of the molecule is C#CC(C)NC(CCO)C(C)(C)C. The third kappa shape index (κ3) is 4.92. The Morgan fingerprint density at radius 2 is 2.00 bits per heavy atom. The summed E-state index contributed by atoms with van der Waals surface area (Å²) in [5, 5.41) is 12.2. The first-order valence-electron chi connectivity index (χ1n) is 4.75. The van der Waals surface area contributed by atoms with Crippen LogP contribution < -0.4 is 5.32 Å². The molecule has 0 aliphatic rings. The third-order valence-corrected chi connectivity index (χ3v) is 2.16. The summed E-state index contributed by atoms with van der Waals surface area (Å²) < 4.78 is 0. The lowest BCUT2D eigenvalue weighted by atomic mass is 9.84. The highest BCUT2D eigenvalue weighted by atomic mass is 16.3. The Balaban J connectivity index is 4.20. The summed E-state index contributed by atoms with van der Waals surface area (Å²) >= 11 is 0. The van der Waals surface area contributed by atoms with Crippen LogP contribution in [-0.2, 0) is 0 Å². The predicted octanol–water partition coefficient (Wildman–Crippen LogP) is 1.39. The molecule has 0 heterocycles. The Bertz CT molecular complexity index is 176. The van der Waals surface area contributed by atoms with Gasteiger partial charge in [-0.3, -0.25) is 0 Å². The second-order valence-corrected chi connectivity index (χ2v) is 4.49. The van der Waals surface area contributed by atoms with Crippen molar-refractivity contribution in [1.29, 1.82) is 0 Å². The van der Waals surface area contributed by atoms with Crippen LogP contribution in [-0.4, -0.2) is 23.8 Å². The van der Waals surface area contributed by atoms with Gasteiger partial charge in [0.15, 0.2) is 0 Å². The topological polar surface area (TPSA) is 32.3 Å². The van der Waals surface area contributed by atoms with Crippen LogP contribution in [0.5, 0.6) is 0 Å². The molecule has 0 bridgehead atoms. The average molecular weight is 183 g/mol. The van der Waals surface area contributed by atoms with Crippen molar-refractivity contribution in [3.63, 3.8) is 0 Å². The predicted molar refractivity (Wildman–Crippen MR) is 56.4 cm³/mol. The van der Waals surface area contributed by atoms with Gasteiger partial charge in [0.1, 0.15) is 0 Å². The number of hydrogen-bond acceptors (Lipinski definition) is 2. The van der Waals surface area contributed by atoms with Crippen molar-refractivity contribution >= 4 is 0 Å². The van der Waals surface area contributed by atoms with Crippen LogP contribution in [0.3, 0.4) is 0 Å². The molecule has 0 aromatic rings. The lowest BCUT2D eigenvalue weighted by Crippen LogP contribution is -2.44. The maximum atomic E-state index is 8.89. The summed E-state index contributed by atoms with van der Waals surface area (Å²) in [6, 6.07) is 0.333. The molecule has 13 heavy (non-hydrogen) atoms. The van der Waals surface area contributed by atoms with Crippen LogP contribution in [0, 0.1) is 17.8 Å². The molecule has 2 N–H and O–H groups in total. The fourth-order valence-electron chi connectivity index (χ4n) is 1.25. The van der Waals surface area contributed by atoms with Gasteiger partial charge in [-0.05, 0) is 18.8 Å². The van der Waals surface area contributed by atoms with Gasteiger partial charge in [0.05, 0.1) is 6.04 Å². The summed E-state index contributed by atoms with van der Waals surface area (Å²) in [7, 11) is 0. The highest BCUT2D eigenvalue weighted by Crippen LogP contribution is 2.21. The van der Waals surface area contributed by atoms with Gasteiger partial charge in [0, 0.05) is 12.6 Å². The quantitative estimate of drug-likeness (QED) is 0.646. The Hall–Kier alpha value is -0.520. The number of aliphatic hydroxyl groups is 1. The minimum Gasteiger partial charge on any atom is -0.396 e. The molecule has 2 unspecified atom stereocenters. The summed E-state index contributed by atoms with van der Waals surface area (Å²) in [6.45, 7) is 8.58. The van der Waals surface area contributed by atoms with E-state index >= 15 is 0 Å². The molecule has 0 aliphatic carbocycles. The van der Waals surface area contributed by atoms with E-state index in [1.165, 1.54) is 0 Å². The van der Waals surface area contributed by atoms with Crippen molar-refractivity contribution < 1.29 is 5.11 Å². The van der Waals surface area contributed by atoms with Crippen molar-refractivity contribution in [3.8, 4) is 12.3 Å². The number of rotatable bonds is 4. The van der Waals surface area contributed by atoms with Crippen LogP contribution in [0.15, 0.2) is 0 Å². The molecule has 2 heteroatoms. The van der Waals surface area contributed by atoms with Gasteiger partial charge in [-0.15, -0.1) is 6.42 Å². The molecule has 2 atom stereocenters. The highest BCUT2D eigenvalue weighted by molar-refractivity contribution is 4.98. The molecule has 0 aromatic carbocycles. The van der Waals surface area contributed by atoms with Gasteiger partial charge < -0.3 is 10.4 Å². The highest BCUT2D eigenvalue weighted by Gasteiger charge is 2.24. The Kier molecular flexibility index (Phi) is 5.05. The van der Waals surface area contributed by atoms with E-state index in [9.17, 15) is 0 Å². The minimum absolute atomic E-state index is 0.0655. The van der Waals surface area contributed by atoms with Crippen molar-refractivity contribution in [1.82, 2.24) is 5.32 Å². The maximum Gasteiger partial charge on any atom is 0.0660 e. The molecular formula is C11H21NO. The molecule has 0 aliphatic heterocycles. The van der Waals surface area contributed by atoms with Gasteiger partial charge in [0.25, 0.3) is 0 Å². The zero-order valence-electron chi connectivity index (χ0n) is 9.09. The van der Waals surface area contributed by atoms with Crippen molar-refractivity contribution in [2.45, 2.75) is 46.2 Å². The second kappa shape index (κ2) is 5.26. The number of terminal acetylenes is 1. The molecule has 2 nitrogen and oxygen atoms in total. The average Bonchev–Trinajstić information content (AvgIpc) is 2.01. The van der Waals surface area contributed by atoms with E-state index in [1.807, 2.05) is 6.92 Å². The fourth-order valence-corrected chi connectivity index (χ4v) is 1.25. The first-order valence-corrected chi connectivity index (χ1v) is 4.75. The first kappa shape index (κ1) is 12.5. The molecule has 0 radical (unpaired) electrons. The third-order valence-electron chi connectivity index (χ3n) is 2.16. The van der Waals surface area contributed by atoms with E-state index < -0.39 is 0 Å². The van der Waals surface area contributed by atoms with Gasteiger partial charge in [-0.2, -0.15) is 0 Å². The zero-order chi connectivity index (χ0) is 10.5. The second-order valence-electron chi connectivity index (χ2n) is 4.49. The van der Waals surface area contributed by atoms with Crippen molar-refractivity contribution in [3.05, 3.63) is 0 Å². The fraction of sp³-hybridized carbons (Fsp3) is 0.818. The molecular weight excluding hydrogens is 162 g/mol. The van der Waals surface area contributed by atoms with Crippen molar-refractivity contribution in [2.75, 3.05) is 6.61 Å². The van der Waals surface area contributed by atoms with E-state index in [0.717, 1.165) is 6.42 Å². The number of aliphatic hydroxyl groups excluding tert-OH is 1. The molecule has 0 aromatic heterocycles. The zero-order valence-corrected chi connectivity index (χ0v) is 9.09. The molecule has 76 valence electrons. The van der Waals surface area contributed by atoms with Crippen LogP contribution in [0.2, 0.25) is 0 Å². The van der Waals surface area contributed by atoms with E-state index in [2.05, 4.69) is 32.0 Å². The number of nitrogens with one attached hydrogen (secondary N) is 1. The summed E-state index contributed by atoms with van der Waals surface area (Å²) in [5.41, 5.74) is 0.133. The molecule has 0 saturated heterocycles. The van der Waals surface area contributed by atoms with E-state index in [4.69, 9.17) is 11.5 Å². The normalized spacial score (nSPS) is 16.3. The number of hydrogen-bond donors (Lipinski definition) is 2. The van der Waals surface area contributed by atoms with Gasteiger partial charge in [-0.25, -0.2) is 0 Å². The molecule has 0 fully saturated rings. The van der Waals surface area contributed by atoms with E-state index in [-0.39, 0.29) is 24.1 Å². The standard InChI is InChI=1S/C11H21NO/c1-6-9(2)12-10(7-8-13)11(3,4)5/h1,9-10,12-13H,7-8H2,2-5H3. The van der Waals surface area contributed by atoms with Crippen LogP contribution in [0.4, 0.5) is 0 Å². The Morgan fingerprint density at radius 1 is 1.46 bits per heavy atom. The Morgan fingerprint density at radius 3 is 2.31 bits per heavy atom. The van der Waals surface area contributed by atoms with E-state index in [0.29, 0.717) is 0 Å². The maximum absolute atomic E-state index is 8.89. The van der Waals surface area contributed by atoms with Crippen LogP contribution in [0.1, 0.15) is 34.1 Å². The van der Waals surface area contributed by atoms with Gasteiger partial charge in [-0.1, -0.05) is 26.7 Å². The van der Waals surface area contributed by atoms with E-state index in [1.54, 1.807) is 0 Å². The van der Waals surface area contributed by atoms with Gasteiger partial charge >= 0.3 is 0 Å². The first-order chi connectivity index (χ1) is 5.91. The van der Waals surface area contributed by atoms with Crippen LogP contribution >= 0.6 is 0 Å². The lowest BCUT2D eigenvalue weighted by Gasteiger charge is -2.32. The summed E-state index contributed by atoms with van der Waals surface area (Å²) in [6.07, 6.45) is 6.03. The molecule has 0 saturated carbocycles. The smallest absolute Gasteiger partial charge is 0.0660 e. The Labute approximate surface area is 81.7 Å². The summed E-state index contributed by atoms with van der Waals surface area (Å²) in [5.74, 6) is 2.63. The summed E-state index contributed by atoms with van der Waals surface area (Å²) in [4.78, 5) is 0. The van der Waals surface area contributed by atoms with Crippen LogP contribution in [0.25, 0.3) is 0 Å². The molecule has 0 spiro atoms. The van der Waals surface area contributed by atoms with Crippen molar-refractivity contribution in [2.24, 2.45) is 5.41 Å². The monoisotopic (exact) mass is 183 g/mol. The van der Waals surface area contributed by atoms with Gasteiger partial charge in [0.2, 0.25) is 0 Å². The largest absolute Gasteiger partial charge is 0.396 e. The minimum atomic E-state index is 0.0655. The molecule has 0 rings (SSSR count). The molecule has 0 amide bonds. The lowest BCUT2D eigenvalue weighted by molar-refractivity contribution is 0.194.